The number of rotatable bonds is 2. The maximum Gasteiger partial charge on any atom is 0.214 e. The number of ether oxygens (including phenoxy) is 1. The molecule has 0 saturated heterocycles. The van der Waals surface area contributed by atoms with Gasteiger partial charge < -0.3 is 10.5 Å². The first-order valence-electron chi connectivity index (χ1n) is 5.56. The predicted octanol–water partition coefficient (Wildman–Crippen LogP) is 1.60. The van der Waals surface area contributed by atoms with Gasteiger partial charge in [0.2, 0.25) is 5.88 Å². The average Bonchev–Trinajstić information content (AvgIpc) is 2.32. The van der Waals surface area contributed by atoms with Crippen molar-refractivity contribution in [1.82, 2.24) is 4.98 Å². The van der Waals surface area contributed by atoms with Crippen LogP contribution in [0.4, 0.5) is 0 Å². The van der Waals surface area contributed by atoms with Crippen molar-refractivity contribution in [2.75, 3.05) is 0 Å². The predicted molar refractivity (Wildman–Crippen MR) is 59.8 cm³/mol. The van der Waals surface area contributed by atoms with Crippen LogP contribution in [0, 0.1) is 11.3 Å². The minimum Gasteiger partial charge on any atom is -0.474 e. The van der Waals surface area contributed by atoms with Crippen LogP contribution in [-0.4, -0.2) is 17.1 Å². The highest BCUT2D eigenvalue weighted by molar-refractivity contribution is 5.31. The number of hydrogen-bond acceptors (Lipinski definition) is 4. The molecule has 4 heteroatoms. The van der Waals surface area contributed by atoms with E-state index in [1.54, 1.807) is 18.3 Å². The highest BCUT2D eigenvalue weighted by atomic mass is 16.5. The quantitative estimate of drug-likeness (QED) is 0.816. The second kappa shape index (κ2) is 4.95. The normalized spacial score (nSPS) is 24.8. The van der Waals surface area contributed by atoms with E-state index in [0.29, 0.717) is 17.5 Å². The number of aromatic nitrogens is 1. The van der Waals surface area contributed by atoms with Crippen molar-refractivity contribution in [3.63, 3.8) is 0 Å². The second-order valence-corrected chi connectivity index (χ2v) is 4.15. The molecule has 84 valence electrons. The summed E-state index contributed by atoms with van der Waals surface area (Å²) in [7, 11) is 0. The molecule has 1 saturated carbocycles. The molecule has 1 fully saturated rings. The minimum atomic E-state index is 0.196. The molecule has 0 unspecified atom stereocenters. The van der Waals surface area contributed by atoms with Gasteiger partial charge in [-0.25, -0.2) is 4.98 Å². The molecular formula is C12H15N3O. The smallest absolute Gasteiger partial charge is 0.214 e. The summed E-state index contributed by atoms with van der Waals surface area (Å²) in [6.45, 7) is 0. The first-order chi connectivity index (χ1) is 7.78. The van der Waals surface area contributed by atoms with Gasteiger partial charge in [-0.1, -0.05) is 0 Å². The summed E-state index contributed by atoms with van der Waals surface area (Å²) in [6.07, 6.45) is 5.74. The van der Waals surface area contributed by atoms with E-state index in [-0.39, 0.29) is 6.10 Å². The lowest BCUT2D eigenvalue weighted by Gasteiger charge is -2.26. The molecule has 0 bridgehead atoms. The van der Waals surface area contributed by atoms with Crippen LogP contribution in [0.3, 0.4) is 0 Å². The summed E-state index contributed by atoms with van der Waals surface area (Å²) in [4.78, 5) is 4.10. The van der Waals surface area contributed by atoms with E-state index in [9.17, 15) is 0 Å². The van der Waals surface area contributed by atoms with Crippen LogP contribution in [0.1, 0.15) is 31.2 Å². The zero-order valence-electron chi connectivity index (χ0n) is 9.10. The van der Waals surface area contributed by atoms with Gasteiger partial charge in [-0.2, -0.15) is 5.26 Å². The molecule has 1 aromatic rings. The largest absolute Gasteiger partial charge is 0.474 e. The molecule has 1 aliphatic rings. The van der Waals surface area contributed by atoms with Crippen LogP contribution < -0.4 is 10.5 Å². The standard InChI is InChI=1S/C12H15N3O/c13-8-9-5-6-15-12(7-9)16-11-3-1-10(14)2-4-11/h5-7,10-11H,1-4,14H2. The van der Waals surface area contributed by atoms with Crippen molar-refractivity contribution < 1.29 is 4.74 Å². The lowest BCUT2D eigenvalue weighted by Crippen LogP contribution is -2.31. The van der Waals surface area contributed by atoms with Gasteiger partial charge >= 0.3 is 0 Å². The van der Waals surface area contributed by atoms with E-state index in [0.717, 1.165) is 25.7 Å². The maximum atomic E-state index is 8.75. The number of nitrogens with zero attached hydrogens (tertiary/aromatic N) is 2. The van der Waals surface area contributed by atoms with E-state index < -0.39 is 0 Å². The average molecular weight is 217 g/mol. The van der Waals surface area contributed by atoms with Crippen LogP contribution in [0.2, 0.25) is 0 Å². The molecule has 0 atom stereocenters. The minimum absolute atomic E-state index is 0.196. The number of pyridine rings is 1. The summed E-state index contributed by atoms with van der Waals surface area (Å²) in [5, 5.41) is 8.75. The second-order valence-electron chi connectivity index (χ2n) is 4.15. The molecule has 1 aliphatic carbocycles. The molecule has 16 heavy (non-hydrogen) atoms. The van der Waals surface area contributed by atoms with Gasteiger partial charge in [0.25, 0.3) is 0 Å². The van der Waals surface area contributed by atoms with Crippen LogP contribution in [0.15, 0.2) is 18.3 Å². The molecule has 0 aliphatic heterocycles. The van der Waals surface area contributed by atoms with Crippen LogP contribution >= 0.6 is 0 Å². The van der Waals surface area contributed by atoms with Crippen molar-refractivity contribution in [3.8, 4) is 11.9 Å². The third-order valence-corrected chi connectivity index (χ3v) is 2.87. The van der Waals surface area contributed by atoms with Crippen molar-refractivity contribution in [2.45, 2.75) is 37.8 Å². The summed E-state index contributed by atoms with van der Waals surface area (Å²) >= 11 is 0. The lowest BCUT2D eigenvalue weighted by atomic mass is 9.94. The molecular weight excluding hydrogens is 202 g/mol. The molecule has 0 radical (unpaired) electrons. The van der Waals surface area contributed by atoms with Crippen molar-refractivity contribution in [1.29, 1.82) is 5.26 Å². The SMILES string of the molecule is N#Cc1ccnc(OC2CCC(N)CC2)c1. The van der Waals surface area contributed by atoms with E-state index in [2.05, 4.69) is 11.1 Å². The third kappa shape index (κ3) is 2.71. The zero-order chi connectivity index (χ0) is 11.4. The summed E-state index contributed by atoms with van der Waals surface area (Å²) in [6, 6.07) is 5.73. The van der Waals surface area contributed by atoms with Crippen molar-refractivity contribution >= 4 is 0 Å². The van der Waals surface area contributed by atoms with Crippen LogP contribution in [0.5, 0.6) is 5.88 Å². The monoisotopic (exact) mass is 217 g/mol. The molecule has 1 heterocycles. The Morgan fingerprint density at radius 1 is 1.38 bits per heavy atom. The fourth-order valence-corrected chi connectivity index (χ4v) is 1.92. The molecule has 0 spiro atoms. The van der Waals surface area contributed by atoms with E-state index in [1.807, 2.05) is 0 Å². The van der Waals surface area contributed by atoms with E-state index in [1.165, 1.54) is 0 Å². The van der Waals surface area contributed by atoms with Gasteiger partial charge in [0.1, 0.15) is 6.10 Å². The Hall–Kier alpha value is -1.60. The first kappa shape index (κ1) is 10.9. The molecule has 0 amide bonds. The number of hydrogen-bond donors (Lipinski definition) is 1. The van der Waals surface area contributed by atoms with Gasteiger partial charge in [-0.3, -0.25) is 0 Å². The highest BCUT2D eigenvalue weighted by Crippen LogP contribution is 2.21. The highest BCUT2D eigenvalue weighted by Gasteiger charge is 2.20. The van der Waals surface area contributed by atoms with E-state index in [4.69, 9.17) is 15.7 Å². The Labute approximate surface area is 95.0 Å². The molecule has 2 N–H and O–H groups in total. The lowest BCUT2D eigenvalue weighted by molar-refractivity contribution is 0.141. The molecule has 4 nitrogen and oxygen atoms in total. The molecule has 1 aromatic heterocycles. The third-order valence-electron chi connectivity index (χ3n) is 2.87. The topological polar surface area (TPSA) is 71.9 Å². The Morgan fingerprint density at radius 2 is 2.12 bits per heavy atom. The van der Waals surface area contributed by atoms with Crippen LogP contribution in [-0.2, 0) is 0 Å². The first-order valence-corrected chi connectivity index (χ1v) is 5.56. The van der Waals surface area contributed by atoms with Gasteiger partial charge in [0.05, 0.1) is 11.6 Å². The molecule has 2 rings (SSSR count). The van der Waals surface area contributed by atoms with Gasteiger partial charge in [0.15, 0.2) is 0 Å². The molecule has 0 aromatic carbocycles. The Morgan fingerprint density at radius 3 is 2.81 bits per heavy atom. The summed E-state index contributed by atoms with van der Waals surface area (Å²) in [5.41, 5.74) is 6.40. The zero-order valence-corrected chi connectivity index (χ0v) is 9.10. The maximum absolute atomic E-state index is 8.75. The van der Waals surface area contributed by atoms with Crippen LogP contribution in [0.25, 0.3) is 0 Å². The fourth-order valence-electron chi connectivity index (χ4n) is 1.92. The van der Waals surface area contributed by atoms with E-state index >= 15 is 0 Å². The van der Waals surface area contributed by atoms with Crippen molar-refractivity contribution in [3.05, 3.63) is 23.9 Å². The Balaban J connectivity index is 1.96. The van der Waals surface area contributed by atoms with Gasteiger partial charge in [-0.15, -0.1) is 0 Å². The van der Waals surface area contributed by atoms with Gasteiger partial charge in [0, 0.05) is 18.3 Å². The Bertz CT molecular complexity index is 391. The van der Waals surface area contributed by atoms with Crippen molar-refractivity contribution in [2.24, 2.45) is 5.73 Å². The number of nitrogens with two attached hydrogens (primary N) is 1. The number of nitriles is 1. The Kier molecular flexibility index (Phi) is 3.37. The summed E-state index contributed by atoms with van der Waals surface area (Å²) in [5.74, 6) is 0.541. The summed E-state index contributed by atoms with van der Waals surface area (Å²) < 4.78 is 5.73. The van der Waals surface area contributed by atoms with Gasteiger partial charge in [-0.05, 0) is 31.7 Å². The fraction of sp³-hybridized carbons (Fsp3) is 0.500.